The highest BCUT2D eigenvalue weighted by atomic mass is 32.1. The largest absolute Gasteiger partial charge is 0.478 e. The van der Waals surface area contributed by atoms with Crippen molar-refractivity contribution in [2.75, 3.05) is 0 Å². The minimum Gasteiger partial charge on any atom is -0.478 e. The summed E-state index contributed by atoms with van der Waals surface area (Å²) in [5, 5.41) is 15.5. The van der Waals surface area contributed by atoms with Crippen LogP contribution in [0.25, 0.3) is 0 Å². The third kappa shape index (κ3) is 2.50. The van der Waals surface area contributed by atoms with E-state index in [1.54, 1.807) is 6.92 Å². The summed E-state index contributed by atoms with van der Waals surface area (Å²) >= 11 is 5.34. The smallest absolute Gasteiger partial charge is 0.331 e. The summed E-state index contributed by atoms with van der Waals surface area (Å²) in [6, 6.07) is 0. The van der Waals surface area contributed by atoms with Crippen LogP contribution in [0.2, 0.25) is 0 Å². The molecule has 0 aromatic carbocycles. The van der Waals surface area contributed by atoms with Crippen molar-refractivity contribution >= 4 is 23.2 Å². The van der Waals surface area contributed by atoms with Crippen molar-refractivity contribution in [2.24, 2.45) is 5.92 Å². The first-order chi connectivity index (χ1) is 7.70. The van der Waals surface area contributed by atoms with Gasteiger partial charge in [0.1, 0.15) is 6.17 Å². The zero-order valence-corrected chi connectivity index (χ0v) is 11.7. The van der Waals surface area contributed by atoms with Crippen LogP contribution in [0.15, 0.2) is 11.1 Å². The fraction of sp³-hybridized carbons (Fsp3) is 0.667. The molecule has 1 aliphatic rings. The number of hydrogen-bond donors (Lipinski definition) is 3. The van der Waals surface area contributed by atoms with Gasteiger partial charge >= 0.3 is 5.97 Å². The second-order valence-corrected chi connectivity index (χ2v) is 5.43. The van der Waals surface area contributed by atoms with E-state index < -0.39 is 5.97 Å². The molecule has 1 aliphatic heterocycles. The van der Waals surface area contributed by atoms with Crippen molar-refractivity contribution in [1.82, 2.24) is 10.6 Å². The zero-order chi connectivity index (χ0) is 13.4. The normalized spacial score (nSPS) is 30.2. The van der Waals surface area contributed by atoms with E-state index in [1.807, 2.05) is 13.8 Å². The molecule has 2 unspecified atom stereocenters. The van der Waals surface area contributed by atoms with E-state index in [0.717, 1.165) is 10.6 Å². The lowest BCUT2D eigenvalue weighted by Crippen LogP contribution is -2.48. The molecule has 0 spiro atoms. The van der Waals surface area contributed by atoms with E-state index in [4.69, 9.17) is 17.3 Å². The van der Waals surface area contributed by atoms with Crippen LogP contribution in [0.5, 0.6) is 0 Å². The second kappa shape index (κ2) is 4.74. The average molecular weight is 256 g/mol. The molecule has 0 aromatic heterocycles. The number of nitrogens with one attached hydrogen (secondary N) is 2. The number of carboxylic acids is 1. The second-order valence-electron chi connectivity index (χ2n) is 5.02. The third-order valence-electron chi connectivity index (χ3n) is 3.69. The molecular weight excluding hydrogens is 236 g/mol. The quantitative estimate of drug-likeness (QED) is 0.529. The first-order valence-corrected chi connectivity index (χ1v) is 6.10. The Morgan fingerprint density at radius 3 is 2.35 bits per heavy atom. The molecule has 0 aromatic rings. The van der Waals surface area contributed by atoms with Crippen molar-refractivity contribution in [3.05, 3.63) is 11.1 Å². The van der Waals surface area contributed by atoms with Crippen LogP contribution in [-0.4, -0.2) is 27.8 Å². The number of rotatable bonds is 3. The number of hydrogen-bond acceptors (Lipinski definition) is 3. The Morgan fingerprint density at radius 2 is 2.00 bits per heavy atom. The molecule has 3 N–H and O–H groups in total. The lowest BCUT2D eigenvalue weighted by atomic mass is 9.89. The van der Waals surface area contributed by atoms with Crippen molar-refractivity contribution in [3.63, 3.8) is 0 Å². The maximum absolute atomic E-state index is 10.9. The Kier molecular flexibility index (Phi) is 3.94. The fourth-order valence-electron chi connectivity index (χ4n) is 1.71. The van der Waals surface area contributed by atoms with Crippen molar-refractivity contribution in [2.45, 2.75) is 46.3 Å². The van der Waals surface area contributed by atoms with E-state index >= 15 is 0 Å². The van der Waals surface area contributed by atoms with E-state index in [9.17, 15) is 4.79 Å². The summed E-state index contributed by atoms with van der Waals surface area (Å²) in [5.41, 5.74) is 0.843. The molecule has 1 heterocycles. The van der Waals surface area contributed by atoms with Gasteiger partial charge in [0.05, 0.1) is 10.5 Å². The third-order valence-corrected chi connectivity index (χ3v) is 4.23. The lowest BCUT2D eigenvalue weighted by molar-refractivity contribution is -0.132. The Labute approximate surface area is 107 Å². The Bertz CT molecular complexity index is 390. The average Bonchev–Trinajstić information content (AvgIpc) is 2.54. The van der Waals surface area contributed by atoms with Gasteiger partial charge in [0.2, 0.25) is 0 Å². The van der Waals surface area contributed by atoms with E-state index in [0.29, 0.717) is 11.5 Å². The van der Waals surface area contributed by atoms with Gasteiger partial charge in [0.25, 0.3) is 0 Å². The van der Waals surface area contributed by atoms with Gasteiger partial charge in [0, 0.05) is 5.57 Å². The molecule has 0 amide bonds. The highest BCUT2D eigenvalue weighted by Crippen LogP contribution is 2.25. The molecule has 0 radical (unpaired) electrons. The van der Waals surface area contributed by atoms with Gasteiger partial charge in [0.15, 0.2) is 0 Å². The van der Waals surface area contributed by atoms with Gasteiger partial charge in [-0.3, -0.25) is 5.32 Å². The number of thiocarbonyl (C=S) groups is 1. The van der Waals surface area contributed by atoms with E-state index in [-0.39, 0.29) is 11.7 Å². The van der Waals surface area contributed by atoms with Crippen LogP contribution < -0.4 is 10.6 Å². The predicted octanol–water partition coefficient (Wildman–Crippen LogP) is 1.67. The fourth-order valence-corrected chi connectivity index (χ4v) is 2.13. The van der Waals surface area contributed by atoms with Crippen LogP contribution in [0.1, 0.15) is 34.6 Å². The number of carboxylic acid groups (broad SMARTS) is 1. The van der Waals surface area contributed by atoms with Gasteiger partial charge in [-0.1, -0.05) is 26.1 Å². The molecule has 5 heteroatoms. The summed E-state index contributed by atoms with van der Waals surface area (Å²) in [6.07, 6.45) is -0.189. The molecule has 17 heavy (non-hydrogen) atoms. The molecule has 1 rings (SSSR count). The van der Waals surface area contributed by atoms with Gasteiger partial charge < -0.3 is 10.4 Å². The van der Waals surface area contributed by atoms with Crippen LogP contribution in [0.3, 0.4) is 0 Å². The lowest BCUT2D eigenvalue weighted by Gasteiger charge is -2.28. The first kappa shape index (κ1) is 14.1. The van der Waals surface area contributed by atoms with Crippen LogP contribution >= 0.6 is 12.2 Å². The number of aliphatic carboxylic acids is 1. The van der Waals surface area contributed by atoms with Crippen molar-refractivity contribution in [3.8, 4) is 0 Å². The SMILES string of the molecule is CC(C(=O)O)=C(C)C1NC(=S)C(C)(C(C)C)N1. The van der Waals surface area contributed by atoms with Crippen molar-refractivity contribution in [1.29, 1.82) is 0 Å². The van der Waals surface area contributed by atoms with Crippen LogP contribution in [-0.2, 0) is 4.79 Å². The molecule has 0 bridgehead atoms. The summed E-state index contributed by atoms with van der Waals surface area (Å²) in [4.78, 5) is 11.7. The minimum atomic E-state index is -0.893. The van der Waals surface area contributed by atoms with Crippen molar-refractivity contribution < 1.29 is 9.90 Å². The molecule has 96 valence electrons. The molecule has 0 saturated carbocycles. The summed E-state index contributed by atoms with van der Waals surface area (Å²) in [5.74, 6) is -0.555. The van der Waals surface area contributed by atoms with Gasteiger partial charge in [-0.15, -0.1) is 0 Å². The topological polar surface area (TPSA) is 61.4 Å². The molecular formula is C12H20N2O2S. The Morgan fingerprint density at radius 1 is 1.47 bits per heavy atom. The molecule has 1 saturated heterocycles. The highest BCUT2D eigenvalue weighted by molar-refractivity contribution is 7.80. The molecule has 4 nitrogen and oxygen atoms in total. The highest BCUT2D eigenvalue weighted by Gasteiger charge is 2.42. The summed E-state index contributed by atoms with van der Waals surface area (Å²) < 4.78 is 0. The van der Waals surface area contributed by atoms with Crippen LogP contribution in [0.4, 0.5) is 0 Å². The summed E-state index contributed by atoms with van der Waals surface area (Å²) in [7, 11) is 0. The zero-order valence-electron chi connectivity index (χ0n) is 10.9. The maximum atomic E-state index is 10.9. The van der Waals surface area contributed by atoms with Gasteiger partial charge in [-0.25, -0.2) is 4.79 Å². The van der Waals surface area contributed by atoms with Crippen LogP contribution in [0, 0.1) is 5.92 Å². The standard InChI is InChI=1S/C12H20N2O2S/c1-6(2)12(5)11(17)13-9(14-12)7(3)8(4)10(15)16/h6,9,14H,1-5H3,(H,13,17)(H,15,16). The molecule has 0 aliphatic carbocycles. The first-order valence-electron chi connectivity index (χ1n) is 5.69. The Balaban J connectivity index is 2.98. The molecule has 1 fully saturated rings. The monoisotopic (exact) mass is 256 g/mol. The van der Waals surface area contributed by atoms with E-state index in [1.165, 1.54) is 0 Å². The number of carbonyl (C=O) groups is 1. The minimum absolute atomic E-state index is 0.189. The predicted molar refractivity (Wildman–Crippen MR) is 71.9 cm³/mol. The maximum Gasteiger partial charge on any atom is 0.331 e. The van der Waals surface area contributed by atoms with Gasteiger partial charge in [-0.05, 0) is 32.3 Å². The van der Waals surface area contributed by atoms with E-state index in [2.05, 4.69) is 24.5 Å². The Hall–Kier alpha value is -0.940. The molecule has 2 atom stereocenters. The summed E-state index contributed by atoms with van der Waals surface area (Å²) in [6.45, 7) is 9.63. The van der Waals surface area contributed by atoms with Gasteiger partial charge in [-0.2, -0.15) is 0 Å².